The molecule has 0 aliphatic heterocycles. The van der Waals surface area contributed by atoms with Crippen LogP contribution in [0.15, 0.2) is 42.5 Å². The number of carbonyl (C=O) groups is 1. The standard InChI is InChI=1S/C21H24N4O2S/c1-13-5-7-14(8-6-13)19-23-24-20(28)25(19)12-18(27)22-16-11-15(21(2,3)4)9-10-17(16)26/h5-11,26H,12H2,1-4H3,(H,22,27)(H,24,28). The Labute approximate surface area is 169 Å². The van der Waals surface area contributed by atoms with Crippen LogP contribution in [0, 0.1) is 11.7 Å². The zero-order chi connectivity index (χ0) is 20.5. The number of H-pyrrole nitrogens is 1. The number of aromatic amines is 1. The van der Waals surface area contributed by atoms with Gasteiger partial charge < -0.3 is 10.4 Å². The van der Waals surface area contributed by atoms with Gasteiger partial charge in [-0.05, 0) is 42.3 Å². The fourth-order valence-electron chi connectivity index (χ4n) is 2.82. The van der Waals surface area contributed by atoms with Gasteiger partial charge in [0.05, 0.1) is 5.69 Å². The molecule has 28 heavy (non-hydrogen) atoms. The topological polar surface area (TPSA) is 82.9 Å². The molecular weight excluding hydrogens is 372 g/mol. The lowest BCUT2D eigenvalue weighted by molar-refractivity contribution is -0.116. The number of aromatic nitrogens is 3. The fraction of sp³-hybridized carbons (Fsp3) is 0.286. The number of phenols is 1. The lowest BCUT2D eigenvalue weighted by atomic mass is 9.87. The molecule has 0 aliphatic rings. The molecule has 0 atom stereocenters. The molecule has 1 heterocycles. The van der Waals surface area contributed by atoms with Crippen molar-refractivity contribution in [2.75, 3.05) is 5.32 Å². The van der Waals surface area contributed by atoms with Gasteiger partial charge in [0.25, 0.3) is 0 Å². The highest BCUT2D eigenvalue weighted by Gasteiger charge is 2.17. The summed E-state index contributed by atoms with van der Waals surface area (Å²) >= 11 is 5.29. The zero-order valence-corrected chi connectivity index (χ0v) is 17.2. The third-order valence-electron chi connectivity index (χ3n) is 4.51. The predicted octanol–water partition coefficient (Wildman–Crippen LogP) is 4.56. The largest absolute Gasteiger partial charge is 0.506 e. The van der Waals surface area contributed by atoms with Crippen molar-refractivity contribution in [3.8, 4) is 17.1 Å². The predicted molar refractivity (Wildman–Crippen MR) is 113 cm³/mol. The number of aromatic hydroxyl groups is 1. The number of rotatable bonds is 4. The van der Waals surface area contributed by atoms with Crippen LogP contribution in [0.5, 0.6) is 5.75 Å². The van der Waals surface area contributed by atoms with Crippen molar-refractivity contribution in [2.24, 2.45) is 0 Å². The van der Waals surface area contributed by atoms with Crippen molar-refractivity contribution in [1.29, 1.82) is 0 Å². The van der Waals surface area contributed by atoms with Gasteiger partial charge in [-0.2, -0.15) is 5.10 Å². The van der Waals surface area contributed by atoms with Crippen LogP contribution in [0.2, 0.25) is 0 Å². The molecule has 6 nitrogen and oxygen atoms in total. The second-order valence-electron chi connectivity index (χ2n) is 7.83. The molecule has 2 aromatic carbocycles. The van der Waals surface area contributed by atoms with E-state index in [1.165, 1.54) is 0 Å². The second-order valence-corrected chi connectivity index (χ2v) is 8.22. The van der Waals surface area contributed by atoms with E-state index in [-0.39, 0.29) is 23.6 Å². The molecule has 0 saturated heterocycles. The third kappa shape index (κ3) is 4.31. The van der Waals surface area contributed by atoms with Gasteiger partial charge in [0, 0.05) is 5.56 Å². The monoisotopic (exact) mass is 396 g/mol. The summed E-state index contributed by atoms with van der Waals surface area (Å²) in [7, 11) is 0. The van der Waals surface area contributed by atoms with Crippen molar-refractivity contribution in [3.63, 3.8) is 0 Å². The maximum absolute atomic E-state index is 12.7. The van der Waals surface area contributed by atoms with Gasteiger partial charge >= 0.3 is 0 Å². The first-order valence-electron chi connectivity index (χ1n) is 9.01. The van der Waals surface area contributed by atoms with Crippen molar-refractivity contribution in [1.82, 2.24) is 14.8 Å². The molecule has 1 aromatic heterocycles. The summed E-state index contributed by atoms with van der Waals surface area (Å²) < 4.78 is 2.00. The van der Waals surface area contributed by atoms with E-state index in [0.29, 0.717) is 16.3 Å². The minimum Gasteiger partial charge on any atom is -0.506 e. The van der Waals surface area contributed by atoms with Crippen LogP contribution < -0.4 is 5.32 Å². The Morgan fingerprint density at radius 3 is 2.54 bits per heavy atom. The molecular formula is C21H24N4O2S. The first kappa shape index (κ1) is 19.8. The Bertz CT molecular complexity index is 1060. The summed E-state index contributed by atoms with van der Waals surface area (Å²) in [4.78, 5) is 12.7. The Hall–Kier alpha value is -2.93. The van der Waals surface area contributed by atoms with Crippen LogP contribution in [0.3, 0.4) is 0 Å². The number of phenolic OH excluding ortho intramolecular Hbond substituents is 1. The van der Waals surface area contributed by atoms with Crippen LogP contribution in [0.4, 0.5) is 5.69 Å². The summed E-state index contributed by atoms with van der Waals surface area (Å²) in [6.07, 6.45) is 0. The van der Waals surface area contributed by atoms with Crippen LogP contribution in [0.1, 0.15) is 31.9 Å². The summed E-state index contributed by atoms with van der Waals surface area (Å²) in [5.74, 6) is 0.316. The van der Waals surface area contributed by atoms with Crippen LogP contribution in [0.25, 0.3) is 11.4 Å². The minimum absolute atomic E-state index is 0.0161. The lowest BCUT2D eigenvalue weighted by Crippen LogP contribution is -2.20. The van der Waals surface area contributed by atoms with Crippen molar-refractivity contribution in [2.45, 2.75) is 39.7 Å². The average molecular weight is 397 g/mol. The molecule has 1 amide bonds. The number of nitrogens with one attached hydrogen (secondary N) is 2. The number of anilines is 1. The summed E-state index contributed by atoms with van der Waals surface area (Å²) in [5, 5.41) is 19.9. The van der Waals surface area contributed by atoms with E-state index in [9.17, 15) is 9.90 Å². The molecule has 0 fully saturated rings. The van der Waals surface area contributed by atoms with Gasteiger partial charge in [-0.1, -0.05) is 56.7 Å². The lowest BCUT2D eigenvalue weighted by Gasteiger charge is -2.20. The quantitative estimate of drug-likeness (QED) is 0.446. The Balaban J connectivity index is 1.84. The molecule has 0 saturated carbocycles. The minimum atomic E-state index is -0.299. The summed E-state index contributed by atoms with van der Waals surface area (Å²) in [6.45, 7) is 8.21. The van der Waals surface area contributed by atoms with E-state index >= 15 is 0 Å². The Morgan fingerprint density at radius 1 is 1.21 bits per heavy atom. The third-order valence-corrected chi connectivity index (χ3v) is 4.82. The van der Waals surface area contributed by atoms with E-state index in [2.05, 4.69) is 36.3 Å². The molecule has 7 heteroatoms. The number of carbonyl (C=O) groups excluding carboxylic acids is 1. The van der Waals surface area contributed by atoms with Crippen LogP contribution in [-0.2, 0) is 16.8 Å². The van der Waals surface area contributed by atoms with E-state index in [0.717, 1.165) is 16.7 Å². The molecule has 0 bridgehead atoms. The number of hydrogen-bond acceptors (Lipinski definition) is 4. The molecule has 146 valence electrons. The highest BCUT2D eigenvalue weighted by Crippen LogP contribution is 2.30. The second kappa shape index (κ2) is 7.59. The SMILES string of the molecule is Cc1ccc(-c2n[nH]c(=S)n2CC(=O)Nc2cc(C(C)(C)C)ccc2O)cc1. The van der Waals surface area contributed by atoms with Gasteiger partial charge in [-0.15, -0.1) is 0 Å². The number of benzene rings is 2. The molecule has 3 aromatic rings. The highest BCUT2D eigenvalue weighted by molar-refractivity contribution is 7.71. The van der Waals surface area contributed by atoms with Gasteiger partial charge in [-0.3, -0.25) is 14.5 Å². The van der Waals surface area contributed by atoms with E-state index in [4.69, 9.17) is 12.2 Å². The average Bonchev–Trinajstić information content (AvgIpc) is 2.97. The molecule has 0 aliphatic carbocycles. The highest BCUT2D eigenvalue weighted by atomic mass is 32.1. The summed E-state index contributed by atoms with van der Waals surface area (Å²) in [5.41, 5.74) is 3.30. The van der Waals surface area contributed by atoms with E-state index in [1.807, 2.05) is 37.3 Å². The molecule has 0 unspecified atom stereocenters. The number of amides is 1. The van der Waals surface area contributed by atoms with Gasteiger partial charge in [0.2, 0.25) is 5.91 Å². The maximum Gasteiger partial charge on any atom is 0.244 e. The molecule has 3 rings (SSSR count). The maximum atomic E-state index is 12.7. The zero-order valence-electron chi connectivity index (χ0n) is 16.4. The van der Waals surface area contributed by atoms with Crippen molar-refractivity contribution < 1.29 is 9.90 Å². The summed E-state index contributed by atoms with van der Waals surface area (Å²) in [6, 6.07) is 13.1. The van der Waals surface area contributed by atoms with E-state index in [1.54, 1.807) is 16.7 Å². The van der Waals surface area contributed by atoms with Gasteiger partial charge in [0.15, 0.2) is 10.6 Å². The van der Waals surface area contributed by atoms with Crippen molar-refractivity contribution in [3.05, 3.63) is 58.4 Å². The van der Waals surface area contributed by atoms with Gasteiger partial charge in [-0.25, -0.2) is 0 Å². The first-order chi connectivity index (χ1) is 13.1. The number of hydrogen-bond donors (Lipinski definition) is 3. The normalized spacial score (nSPS) is 11.4. The number of aryl methyl sites for hydroxylation is 1. The number of nitrogens with zero attached hydrogens (tertiary/aromatic N) is 2. The van der Waals surface area contributed by atoms with Gasteiger partial charge in [0.1, 0.15) is 12.3 Å². The van der Waals surface area contributed by atoms with Crippen LogP contribution >= 0.6 is 12.2 Å². The van der Waals surface area contributed by atoms with Crippen molar-refractivity contribution >= 4 is 23.8 Å². The Morgan fingerprint density at radius 2 is 1.89 bits per heavy atom. The Kier molecular flexibility index (Phi) is 5.38. The van der Waals surface area contributed by atoms with E-state index < -0.39 is 0 Å². The molecule has 0 radical (unpaired) electrons. The smallest absolute Gasteiger partial charge is 0.244 e. The fourth-order valence-corrected chi connectivity index (χ4v) is 3.02. The van der Waals surface area contributed by atoms with Crippen LogP contribution in [-0.4, -0.2) is 25.8 Å². The first-order valence-corrected chi connectivity index (χ1v) is 9.41. The molecule has 0 spiro atoms. The molecule has 3 N–H and O–H groups in total.